The van der Waals surface area contributed by atoms with Gasteiger partial charge in [0, 0.05) is 12.4 Å². The highest BCUT2D eigenvalue weighted by Crippen LogP contribution is 2.30. The zero-order chi connectivity index (χ0) is 21.5. The minimum Gasteiger partial charge on any atom is -0.391 e. The lowest BCUT2D eigenvalue weighted by molar-refractivity contribution is 0.134. The summed E-state index contributed by atoms with van der Waals surface area (Å²) in [4.78, 5) is 17.9. The predicted octanol–water partition coefficient (Wildman–Crippen LogP) is 3.88. The first kappa shape index (κ1) is 19.7. The number of hydrogen-bond acceptors (Lipinski definition) is 4. The van der Waals surface area contributed by atoms with E-state index in [1.54, 1.807) is 17.1 Å². The maximum absolute atomic E-state index is 13.3. The summed E-state index contributed by atoms with van der Waals surface area (Å²) in [6, 6.07) is 12.0. The van der Waals surface area contributed by atoms with Crippen LogP contribution >= 0.6 is 0 Å². The summed E-state index contributed by atoms with van der Waals surface area (Å²) in [5.74, 6) is 0. The molecule has 158 valence electrons. The van der Waals surface area contributed by atoms with Gasteiger partial charge >= 0.3 is 0 Å². The van der Waals surface area contributed by atoms with Crippen molar-refractivity contribution in [3.05, 3.63) is 87.7 Å². The monoisotopic (exact) mass is 414 g/mol. The molecule has 2 atom stereocenters. The summed E-state index contributed by atoms with van der Waals surface area (Å²) in [5, 5.41) is 15.2. The minimum atomic E-state index is -0.476. The first-order valence-electron chi connectivity index (χ1n) is 10.8. The molecule has 0 unspecified atom stereocenters. The van der Waals surface area contributed by atoms with E-state index in [1.807, 2.05) is 29.9 Å². The van der Waals surface area contributed by atoms with Gasteiger partial charge in [0.2, 0.25) is 0 Å². The smallest absolute Gasteiger partial charge is 0.261 e. The standard InChI is InChI=1S/C25H26N4O2/c1-16-17(2)24-21(25(31)28(15-26-24)22-5-3-6-23(22)30)14-19(16)13-18-7-9-20(10-8-18)29-12-4-11-27-29/h4,7-12,14-15,22-23,30H,3,5-6,13H2,1-2H3/t22-,23-/m0/s1. The van der Waals surface area contributed by atoms with E-state index in [0.29, 0.717) is 5.39 Å². The fourth-order valence-electron chi connectivity index (χ4n) is 4.69. The number of aliphatic hydroxyl groups is 1. The van der Waals surface area contributed by atoms with Gasteiger partial charge in [-0.25, -0.2) is 9.67 Å². The number of aliphatic hydroxyl groups excluding tert-OH is 1. The lowest BCUT2D eigenvalue weighted by atomic mass is 9.94. The van der Waals surface area contributed by atoms with E-state index in [-0.39, 0.29) is 11.6 Å². The highest BCUT2D eigenvalue weighted by molar-refractivity contribution is 5.83. The molecule has 31 heavy (non-hydrogen) atoms. The number of aryl methyl sites for hydroxylation is 1. The highest BCUT2D eigenvalue weighted by atomic mass is 16.3. The van der Waals surface area contributed by atoms with E-state index in [4.69, 9.17) is 0 Å². The van der Waals surface area contributed by atoms with Crippen LogP contribution < -0.4 is 5.56 Å². The van der Waals surface area contributed by atoms with E-state index in [0.717, 1.165) is 53.6 Å². The quantitative estimate of drug-likeness (QED) is 0.550. The SMILES string of the molecule is Cc1c(Cc2ccc(-n3cccn3)cc2)cc2c(=O)n([C@H]3CCC[C@@H]3O)cnc2c1C. The van der Waals surface area contributed by atoms with Gasteiger partial charge in [0.15, 0.2) is 0 Å². The third-order valence-electron chi connectivity index (χ3n) is 6.65. The number of rotatable bonds is 4. The van der Waals surface area contributed by atoms with Crippen molar-refractivity contribution in [1.82, 2.24) is 19.3 Å². The van der Waals surface area contributed by atoms with Gasteiger partial charge < -0.3 is 5.11 Å². The largest absolute Gasteiger partial charge is 0.391 e. The van der Waals surface area contributed by atoms with Crippen LogP contribution in [-0.4, -0.2) is 30.5 Å². The Morgan fingerprint density at radius 3 is 2.61 bits per heavy atom. The Kier molecular flexibility index (Phi) is 4.94. The van der Waals surface area contributed by atoms with Gasteiger partial charge in [0.1, 0.15) is 0 Å². The number of nitrogens with zero attached hydrogens (tertiary/aromatic N) is 4. The van der Waals surface area contributed by atoms with Crippen molar-refractivity contribution in [2.45, 2.75) is 51.7 Å². The predicted molar refractivity (Wildman–Crippen MR) is 121 cm³/mol. The van der Waals surface area contributed by atoms with Gasteiger partial charge in [-0.15, -0.1) is 0 Å². The van der Waals surface area contributed by atoms with Crippen molar-refractivity contribution < 1.29 is 5.11 Å². The van der Waals surface area contributed by atoms with Gasteiger partial charge in [-0.1, -0.05) is 12.1 Å². The lowest BCUT2D eigenvalue weighted by Crippen LogP contribution is -2.29. The first-order valence-corrected chi connectivity index (χ1v) is 10.8. The van der Waals surface area contributed by atoms with Crippen LogP contribution in [-0.2, 0) is 6.42 Å². The zero-order valence-electron chi connectivity index (χ0n) is 17.8. The van der Waals surface area contributed by atoms with E-state index in [1.165, 1.54) is 5.56 Å². The van der Waals surface area contributed by atoms with Crippen LogP contribution in [0.3, 0.4) is 0 Å². The Morgan fingerprint density at radius 2 is 1.94 bits per heavy atom. The second-order valence-corrected chi connectivity index (χ2v) is 8.50. The molecule has 0 spiro atoms. The van der Waals surface area contributed by atoms with Gasteiger partial charge in [-0.2, -0.15) is 5.10 Å². The molecule has 6 heteroatoms. The topological polar surface area (TPSA) is 72.9 Å². The van der Waals surface area contributed by atoms with E-state index in [9.17, 15) is 9.90 Å². The molecule has 1 fully saturated rings. The summed E-state index contributed by atoms with van der Waals surface area (Å²) < 4.78 is 3.47. The summed E-state index contributed by atoms with van der Waals surface area (Å²) in [7, 11) is 0. The normalized spacial score (nSPS) is 18.7. The Hall–Kier alpha value is -3.25. The number of aromatic nitrogens is 4. The molecule has 0 bridgehead atoms. The molecular formula is C25H26N4O2. The maximum Gasteiger partial charge on any atom is 0.261 e. The molecule has 0 saturated heterocycles. The highest BCUT2D eigenvalue weighted by Gasteiger charge is 2.28. The van der Waals surface area contributed by atoms with Gasteiger partial charge in [0.25, 0.3) is 5.56 Å². The number of benzene rings is 2. The summed E-state index contributed by atoms with van der Waals surface area (Å²) in [6.07, 6.45) is 8.05. The molecule has 2 aromatic heterocycles. The molecule has 1 aliphatic rings. The summed E-state index contributed by atoms with van der Waals surface area (Å²) in [6.45, 7) is 4.12. The van der Waals surface area contributed by atoms with Gasteiger partial charge in [-0.05, 0) is 86.1 Å². The van der Waals surface area contributed by atoms with Gasteiger partial charge in [0.05, 0.1) is 35.1 Å². The van der Waals surface area contributed by atoms with Crippen molar-refractivity contribution in [3.8, 4) is 5.69 Å². The van der Waals surface area contributed by atoms with E-state index >= 15 is 0 Å². The molecule has 1 aliphatic carbocycles. The molecule has 2 aromatic carbocycles. The average Bonchev–Trinajstić information content (AvgIpc) is 3.45. The molecule has 4 aromatic rings. The Labute approximate surface area is 180 Å². The third-order valence-corrected chi connectivity index (χ3v) is 6.65. The Bertz CT molecular complexity index is 1290. The molecule has 1 N–H and O–H groups in total. The maximum atomic E-state index is 13.3. The lowest BCUT2D eigenvalue weighted by Gasteiger charge is -2.19. The minimum absolute atomic E-state index is 0.0608. The van der Waals surface area contributed by atoms with Crippen molar-refractivity contribution in [3.63, 3.8) is 0 Å². The summed E-state index contributed by atoms with van der Waals surface area (Å²) in [5.41, 5.74) is 6.21. The van der Waals surface area contributed by atoms with Crippen molar-refractivity contribution >= 4 is 10.9 Å². The summed E-state index contributed by atoms with van der Waals surface area (Å²) >= 11 is 0. The van der Waals surface area contributed by atoms with Gasteiger partial charge in [-0.3, -0.25) is 9.36 Å². The van der Waals surface area contributed by atoms with E-state index < -0.39 is 6.10 Å². The number of fused-ring (bicyclic) bond motifs is 1. The van der Waals surface area contributed by atoms with Crippen molar-refractivity contribution in [2.75, 3.05) is 0 Å². The van der Waals surface area contributed by atoms with Crippen molar-refractivity contribution in [1.29, 1.82) is 0 Å². The molecule has 0 amide bonds. The van der Waals surface area contributed by atoms with Crippen molar-refractivity contribution in [2.24, 2.45) is 0 Å². The van der Waals surface area contributed by atoms with Crippen LogP contribution in [0.1, 0.15) is 47.6 Å². The van der Waals surface area contributed by atoms with Crippen LogP contribution in [0.25, 0.3) is 16.6 Å². The first-order chi connectivity index (χ1) is 15.0. The third kappa shape index (κ3) is 3.47. The number of hydrogen-bond donors (Lipinski definition) is 1. The average molecular weight is 415 g/mol. The molecule has 5 rings (SSSR count). The van der Waals surface area contributed by atoms with Crippen LogP contribution in [0.15, 0.2) is 59.9 Å². The molecule has 6 nitrogen and oxygen atoms in total. The molecular weight excluding hydrogens is 388 g/mol. The zero-order valence-corrected chi connectivity index (χ0v) is 17.8. The van der Waals surface area contributed by atoms with Crippen LogP contribution in [0.5, 0.6) is 0 Å². The fourth-order valence-corrected chi connectivity index (χ4v) is 4.69. The second-order valence-electron chi connectivity index (χ2n) is 8.50. The Morgan fingerprint density at radius 1 is 1.13 bits per heavy atom. The Balaban J connectivity index is 1.53. The van der Waals surface area contributed by atoms with E-state index in [2.05, 4.69) is 41.3 Å². The van der Waals surface area contributed by atoms with Crippen LogP contribution in [0.2, 0.25) is 0 Å². The fraction of sp³-hybridized carbons (Fsp3) is 0.320. The molecule has 0 radical (unpaired) electrons. The molecule has 0 aliphatic heterocycles. The second kappa shape index (κ2) is 7.78. The van der Waals surface area contributed by atoms with Crippen LogP contribution in [0.4, 0.5) is 0 Å². The van der Waals surface area contributed by atoms with Crippen LogP contribution in [0, 0.1) is 13.8 Å². The molecule has 2 heterocycles. The molecule has 1 saturated carbocycles.